The number of halogens is 2. The SMILES string of the molecule is Clc1ccc(-c2nc3ccccc3c3c2c(-c2ccccc2)nn3-c2ccccc2)c(Cl)c1. The summed E-state index contributed by atoms with van der Waals surface area (Å²) >= 11 is 12.9. The molecule has 0 saturated carbocycles. The predicted molar refractivity (Wildman–Crippen MR) is 137 cm³/mol. The summed E-state index contributed by atoms with van der Waals surface area (Å²) in [7, 11) is 0. The number of benzene rings is 4. The standard InChI is InChI=1S/C28H17Cl2N3/c29-19-15-16-21(23(30)17-19)27-25-26(18-9-3-1-4-10-18)32-33(20-11-5-2-6-12-20)28(25)22-13-7-8-14-24(22)31-27/h1-17H. The Labute approximate surface area is 200 Å². The van der Waals surface area contributed by atoms with Crippen LogP contribution in [0.25, 0.3) is 50.0 Å². The lowest BCUT2D eigenvalue weighted by atomic mass is 10.00. The Morgan fingerprint density at radius 3 is 2.12 bits per heavy atom. The van der Waals surface area contributed by atoms with E-state index in [1.807, 2.05) is 71.4 Å². The van der Waals surface area contributed by atoms with Crippen LogP contribution in [0.1, 0.15) is 0 Å². The van der Waals surface area contributed by atoms with Crippen molar-refractivity contribution in [1.29, 1.82) is 0 Å². The van der Waals surface area contributed by atoms with Gasteiger partial charge in [0.2, 0.25) is 0 Å². The van der Waals surface area contributed by atoms with Crippen LogP contribution >= 0.6 is 23.2 Å². The summed E-state index contributed by atoms with van der Waals surface area (Å²) in [5, 5.41) is 8.24. The van der Waals surface area contributed by atoms with E-state index in [0.717, 1.165) is 50.0 Å². The monoisotopic (exact) mass is 465 g/mol. The van der Waals surface area contributed by atoms with Crippen LogP contribution in [0.5, 0.6) is 0 Å². The van der Waals surface area contributed by atoms with Crippen molar-refractivity contribution in [1.82, 2.24) is 14.8 Å². The topological polar surface area (TPSA) is 30.7 Å². The van der Waals surface area contributed by atoms with Crippen molar-refractivity contribution < 1.29 is 0 Å². The van der Waals surface area contributed by atoms with Crippen molar-refractivity contribution in [3.63, 3.8) is 0 Å². The Bertz CT molecular complexity index is 1620. The van der Waals surface area contributed by atoms with E-state index in [1.165, 1.54) is 0 Å². The lowest BCUT2D eigenvalue weighted by Crippen LogP contribution is -1.97. The van der Waals surface area contributed by atoms with Gasteiger partial charge in [-0.25, -0.2) is 9.67 Å². The van der Waals surface area contributed by atoms with E-state index in [2.05, 4.69) is 30.3 Å². The zero-order valence-electron chi connectivity index (χ0n) is 17.4. The van der Waals surface area contributed by atoms with Crippen LogP contribution in [0, 0.1) is 0 Å². The number of pyridine rings is 1. The van der Waals surface area contributed by atoms with Crippen molar-refractivity contribution in [2.75, 3.05) is 0 Å². The zero-order chi connectivity index (χ0) is 22.4. The van der Waals surface area contributed by atoms with Crippen LogP contribution in [0.2, 0.25) is 10.0 Å². The van der Waals surface area contributed by atoms with Crippen molar-refractivity contribution in [2.24, 2.45) is 0 Å². The molecule has 6 aromatic rings. The third-order valence-corrected chi connectivity index (χ3v) is 6.30. The summed E-state index contributed by atoms with van der Waals surface area (Å²) in [6.07, 6.45) is 0. The maximum atomic E-state index is 6.69. The number of para-hydroxylation sites is 2. The minimum Gasteiger partial charge on any atom is -0.247 e. The molecule has 0 spiro atoms. The van der Waals surface area contributed by atoms with Crippen LogP contribution in [0.3, 0.4) is 0 Å². The highest BCUT2D eigenvalue weighted by atomic mass is 35.5. The first kappa shape index (κ1) is 20.0. The zero-order valence-corrected chi connectivity index (χ0v) is 18.9. The number of hydrogen-bond donors (Lipinski definition) is 0. The largest absolute Gasteiger partial charge is 0.247 e. The van der Waals surface area contributed by atoms with Crippen LogP contribution in [0.15, 0.2) is 103 Å². The molecule has 0 amide bonds. The first-order chi connectivity index (χ1) is 16.2. The van der Waals surface area contributed by atoms with Gasteiger partial charge in [0.15, 0.2) is 0 Å². The van der Waals surface area contributed by atoms with Crippen molar-refractivity contribution in [2.45, 2.75) is 0 Å². The fraction of sp³-hybridized carbons (Fsp3) is 0. The number of fused-ring (bicyclic) bond motifs is 3. The molecule has 2 aromatic heterocycles. The van der Waals surface area contributed by atoms with Gasteiger partial charge in [0, 0.05) is 21.5 Å². The van der Waals surface area contributed by atoms with E-state index in [9.17, 15) is 0 Å². The molecule has 158 valence electrons. The minimum absolute atomic E-state index is 0.554. The predicted octanol–water partition coefficient (Wildman–Crippen LogP) is 8.21. The van der Waals surface area contributed by atoms with Gasteiger partial charge >= 0.3 is 0 Å². The van der Waals surface area contributed by atoms with Crippen LogP contribution < -0.4 is 0 Å². The molecule has 0 aliphatic carbocycles. The number of nitrogens with zero attached hydrogens (tertiary/aromatic N) is 3. The van der Waals surface area contributed by atoms with Gasteiger partial charge in [-0.15, -0.1) is 0 Å². The van der Waals surface area contributed by atoms with Gasteiger partial charge in [0.1, 0.15) is 5.69 Å². The molecule has 0 atom stereocenters. The van der Waals surface area contributed by atoms with Crippen LogP contribution in [-0.2, 0) is 0 Å². The van der Waals surface area contributed by atoms with Crippen molar-refractivity contribution >= 4 is 45.0 Å². The van der Waals surface area contributed by atoms with E-state index in [4.69, 9.17) is 33.3 Å². The Morgan fingerprint density at radius 1 is 0.667 bits per heavy atom. The van der Waals surface area contributed by atoms with Crippen LogP contribution in [0.4, 0.5) is 0 Å². The summed E-state index contributed by atoms with van der Waals surface area (Å²) in [6.45, 7) is 0. The second kappa shape index (κ2) is 8.04. The molecular formula is C28H17Cl2N3. The fourth-order valence-corrected chi connectivity index (χ4v) is 4.77. The molecule has 0 saturated heterocycles. The Balaban J connectivity index is 1.83. The van der Waals surface area contributed by atoms with Crippen molar-refractivity contribution in [3.8, 4) is 28.2 Å². The van der Waals surface area contributed by atoms with Gasteiger partial charge in [0.05, 0.1) is 32.8 Å². The smallest absolute Gasteiger partial charge is 0.103 e. The van der Waals surface area contributed by atoms with Gasteiger partial charge < -0.3 is 0 Å². The molecule has 0 aliphatic rings. The second-order valence-corrected chi connectivity index (χ2v) is 8.63. The molecule has 3 nitrogen and oxygen atoms in total. The van der Waals surface area contributed by atoms with Gasteiger partial charge in [-0.3, -0.25) is 0 Å². The highest BCUT2D eigenvalue weighted by Gasteiger charge is 2.23. The number of aromatic nitrogens is 3. The van der Waals surface area contributed by atoms with E-state index in [1.54, 1.807) is 6.07 Å². The van der Waals surface area contributed by atoms with E-state index in [0.29, 0.717) is 10.0 Å². The molecule has 4 aromatic carbocycles. The number of hydrogen-bond acceptors (Lipinski definition) is 2. The summed E-state index contributed by atoms with van der Waals surface area (Å²) in [6, 6.07) is 34.0. The van der Waals surface area contributed by atoms with Gasteiger partial charge in [-0.2, -0.15) is 5.10 Å². The lowest BCUT2D eigenvalue weighted by molar-refractivity contribution is 0.918. The average molecular weight is 466 g/mol. The lowest BCUT2D eigenvalue weighted by Gasteiger charge is -2.11. The maximum absolute atomic E-state index is 6.69. The first-order valence-corrected chi connectivity index (χ1v) is 11.3. The Kier molecular flexibility index (Phi) is 4.87. The quantitative estimate of drug-likeness (QED) is 0.263. The van der Waals surface area contributed by atoms with E-state index < -0.39 is 0 Å². The molecule has 33 heavy (non-hydrogen) atoms. The minimum atomic E-state index is 0.554. The molecule has 0 radical (unpaired) electrons. The highest BCUT2D eigenvalue weighted by molar-refractivity contribution is 6.37. The third-order valence-electron chi connectivity index (χ3n) is 5.75. The molecule has 6 rings (SSSR count). The van der Waals surface area contributed by atoms with Gasteiger partial charge in [-0.05, 0) is 36.4 Å². The van der Waals surface area contributed by atoms with E-state index >= 15 is 0 Å². The molecule has 2 heterocycles. The molecule has 0 fully saturated rings. The third kappa shape index (κ3) is 3.37. The van der Waals surface area contributed by atoms with Crippen LogP contribution in [-0.4, -0.2) is 14.8 Å². The molecule has 0 N–H and O–H groups in total. The van der Waals surface area contributed by atoms with E-state index in [-0.39, 0.29) is 0 Å². The highest BCUT2D eigenvalue weighted by Crippen LogP contribution is 2.41. The second-order valence-electron chi connectivity index (χ2n) is 7.79. The van der Waals surface area contributed by atoms with Gasteiger partial charge in [-0.1, -0.05) is 89.9 Å². The average Bonchev–Trinajstić information content (AvgIpc) is 3.26. The molecule has 0 aliphatic heterocycles. The molecule has 0 unspecified atom stereocenters. The fourth-order valence-electron chi connectivity index (χ4n) is 4.27. The normalized spacial score (nSPS) is 11.3. The number of rotatable bonds is 3. The summed E-state index contributed by atoms with van der Waals surface area (Å²) in [5.74, 6) is 0. The molecule has 5 heteroatoms. The maximum Gasteiger partial charge on any atom is 0.103 e. The van der Waals surface area contributed by atoms with Crippen molar-refractivity contribution in [3.05, 3.63) is 113 Å². The molecular weight excluding hydrogens is 449 g/mol. The summed E-state index contributed by atoms with van der Waals surface area (Å²) < 4.78 is 2.01. The summed E-state index contributed by atoms with van der Waals surface area (Å²) in [5.41, 5.74) is 6.32. The first-order valence-electron chi connectivity index (χ1n) is 10.6. The molecule has 0 bridgehead atoms. The Morgan fingerprint density at radius 2 is 1.36 bits per heavy atom. The Hall–Kier alpha value is -3.66. The summed E-state index contributed by atoms with van der Waals surface area (Å²) in [4.78, 5) is 5.08. The van der Waals surface area contributed by atoms with Gasteiger partial charge in [0.25, 0.3) is 0 Å².